The second-order valence-corrected chi connectivity index (χ2v) is 9.84. The standard InChI is InChI=1S/C19H26ClN5O3S/c1-13(2)24(3)29(27,28)14-8-9-16(20)15(11-14)19(26)21-12-18-23-22-17-7-5-4-6-10-25(17)18/h8-9,11,13H,4-7,10,12H2,1-3H3,(H,21,26). The van der Waals surface area contributed by atoms with Gasteiger partial charge in [0.15, 0.2) is 5.82 Å². The summed E-state index contributed by atoms with van der Waals surface area (Å²) in [6, 6.07) is 3.94. The molecule has 0 atom stereocenters. The molecule has 2 heterocycles. The average molecular weight is 440 g/mol. The van der Waals surface area contributed by atoms with Crippen LogP contribution >= 0.6 is 11.6 Å². The monoisotopic (exact) mass is 439 g/mol. The fourth-order valence-electron chi connectivity index (χ4n) is 3.21. The highest BCUT2D eigenvalue weighted by atomic mass is 35.5. The highest BCUT2D eigenvalue weighted by Gasteiger charge is 2.25. The molecule has 0 saturated carbocycles. The first-order valence-corrected chi connectivity index (χ1v) is 11.5. The van der Waals surface area contributed by atoms with Gasteiger partial charge >= 0.3 is 0 Å². The molecule has 1 amide bonds. The van der Waals surface area contributed by atoms with Crippen LogP contribution in [0.4, 0.5) is 0 Å². The van der Waals surface area contributed by atoms with Gasteiger partial charge in [-0.25, -0.2) is 8.42 Å². The van der Waals surface area contributed by atoms with Crippen molar-refractivity contribution in [1.82, 2.24) is 24.4 Å². The molecule has 1 aromatic heterocycles. The lowest BCUT2D eigenvalue weighted by atomic mass is 10.2. The Bertz CT molecular complexity index is 1000. The molecule has 0 fully saturated rings. The van der Waals surface area contributed by atoms with E-state index in [0.717, 1.165) is 38.1 Å². The van der Waals surface area contributed by atoms with Crippen LogP contribution in [0.5, 0.6) is 0 Å². The number of carbonyl (C=O) groups is 1. The van der Waals surface area contributed by atoms with Gasteiger partial charge in [-0.2, -0.15) is 4.31 Å². The Labute approximate surface area is 176 Å². The van der Waals surface area contributed by atoms with Crippen molar-refractivity contribution >= 4 is 27.5 Å². The number of fused-ring (bicyclic) bond motifs is 1. The summed E-state index contributed by atoms with van der Waals surface area (Å²) in [6.45, 7) is 4.60. The number of hydrogen-bond donors (Lipinski definition) is 1. The van der Waals surface area contributed by atoms with E-state index in [9.17, 15) is 13.2 Å². The van der Waals surface area contributed by atoms with Gasteiger partial charge in [-0.05, 0) is 44.9 Å². The number of rotatable bonds is 6. The van der Waals surface area contributed by atoms with Crippen molar-refractivity contribution in [3.05, 3.63) is 40.4 Å². The van der Waals surface area contributed by atoms with E-state index >= 15 is 0 Å². The molecular formula is C19H26ClN5O3S. The van der Waals surface area contributed by atoms with Gasteiger partial charge in [0.2, 0.25) is 10.0 Å². The van der Waals surface area contributed by atoms with Crippen LogP contribution in [0.15, 0.2) is 23.1 Å². The molecule has 10 heteroatoms. The van der Waals surface area contributed by atoms with Crippen molar-refractivity contribution in [3.8, 4) is 0 Å². The lowest BCUT2D eigenvalue weighted by Crippen LogP contribution is -2.33. The van der Waals surface area contributed by atoms with Crippen molar-refractivity contribution < 1.29 is 13.2 Å². The Morgan fingerprint density at radius 3 is 2.76 bits per heavy atom. The number of aryl methyl sites for hydroxylation is 1. The van der Waals surface area contributed by atoms with Crippen LogP contribution in [-0.2, 0) is 29.5 Å². The third-order valence-corrected chi connectivity index (χ3v) is 7.54. The van der Waals surface area contributed by atoms with Crippen molar-refractivity contribution in [2.24, 2.45) is 0 Å². The average Bonchev–Trinajstić information content (AvgIpc) is 2.91. The molecule has 0 unspecified atom stereocenters. The Morgan fingerprint density at radius 2 is 2.03 bits per heavy atom. The molecule has 2 aromatic rings. The molecule has 3 rings (SSSR count). The van der Waals surface area contributed by atoms with Crippen LogP contribution in [0.25, 0.3) is 0 Å². The van der Waals surface area contributed by atoms with E-state index in [1.165, 1.54) is 29.6 Å². The molecule has 8 nitrogen and oxygen atoms in total. The summed E-state index contributed by atoms with van der Waals surface area (Å²) >= 11 is 6.18. The van der Waals surface area contributed by atoms with Crippen LogP contribution in [-0.4, -0.2) is 46.5 Å². The molecule has 0 saturated heterocycles. The zero-order valence-corrected chi connectivity index (χ0v) is 18.4. The summed E-state index contributed by atoms with van der Waals surface area (Å²) in [5, 5.41) is 11.4. The predicted octanol–water partition coefficient (Wildman–Crippen LogP) is 2.62. The molecule has 29 heavy (non-hydrogen) atoms. The van der Waals surface area contributed by atoms with Gasteiger partial charge in [-0.15, -0.1) is 10.2 Å². The molecule has 1 aromatic carbocycles. The molecule has 0 bridgehead atoms. The highest BCUT2D eigenvalue weighted by molar-refractivity contribution is 7.89. The quantitative estimate of drug-likeness (QED) is 0.746. The van der Waals surface area contributed by atoms with Gasteiger partial charge in [0, 0.05) is 26.1 Å². The van der Waals surface area contributed by atoms with Crippen LogP contribution in [0.3, 0.4) is 0 Å². The normalized spacial score (nSPS) is 14.7. The maximum Gasteiger partial charge on any atom is 0.253 e. The molecule has 0 radical (unpaired) electrons. The van der Waals surface area contributed by atoms with Crippen molar-refractivity contribution in [1.29, 1.82) is 0 Å². The summed E-state index contributed by atoms with van der Waals surface area (Å²) in [7, 11) is -2.21. The smallest absolute Gasteiger partial charge is 0.253 e. The Kier molecular flexibility index (Phi) is 6.60. The summed E-state index contributed by atoms with van der Waals surface area (Å²) in [5.74, 6) is 1.18. The number of sulfonamides is 1. The van der Waals surface area contributed by atoms with Gasteiger partial charge in [0.25, 0.3) is 5.91 Å². The number of hydrogen-bond acceptors (Lipinski definition) is 5. The van der Waals surface area contributed by atoms with E-state index in [2.05, 4.69) is 15.5 Å². The zero-order valence-electron chi connectivity index (χ0n) is 16.9. The van der Waals surface area contributed by atoms with E-state index in [0.29, 0.717) is 5.82 Å². The zero-order chi connectivity index (χ0) is 21.2. The lowest BCUT2D eigenvalue weighted by Gasteiger charge is -2.21. The minimum Gasteiger partial charge on any atom is -0.345 e. The first kappa shape index (κ1) is 21.7. The Morgan fingerprint density at radius 1 is 1.28 bits per heavy atom. The first-order valence-electron chi connectivity index (χ1n) is 9.68. The molecule has 0 spiro atoms. The van der Waals surface area contributed by atoms with Crippen molar-refractivity contribution in [2.45, 2.75) is 63.6 Å². The maximum absolute atomic E-state index is 12.7. The van der Waals surface area contributed by atoms with Crippen LogP contribution < -0.4 is 5.32 Å². The number of halogens is 1. The Balaban J connectivity index is 1.79. The second-order valence-electron chi connectivity index (χ2n) is 7.43. The summed E-state index contributed by atoms with van der Waals surface area (Å²) in [6.07, 6.45) is 4.18. The summed E-state index contributed by atoms with van der Waals surface area (Å²) in [4.78, 5) is 12.7. The van der Waals surface area contributed by atoms with E-state index in [4.69, 9.17) is 11.6 Å². The third kappa shape index (κ3) is 4.62. The molecule has 1 N–H and O–H groups in total. The van der Waals surface area contributed by atoms with Gasteiger partial charge in [0.1, 0.15) is 5.82 Å². The van der Waals surface area contributed by atoms with E-state index in [1.807, 2.05) is 4.57 Å². The van der Waals surface area contributed by atoms with Gasteiger partial charge in [0.05, 0.1) is 22.0 Å². The van der Waals surface area contributed by atoms with Crippen molar-refractivity contribution in [3.63, 3.8) is 0 Å². The van der Waals surface area contributed by atoms with Crippen LogP contribution in [0.2, 0.25) is 5.02 Å². The van der Waals surface area contributed by atoms with Crippen molar-refractivity contribution in [2.75, 3.05) is 7.05 Å². The fraction of sp³-hybridized carbons (Fsp3) is 0.526. The number of aromatic nitrogens is 3. The van der Waals surface area contributed by atoms with Crippen LogP contribution in [0, 0.1) is 0 Å². The number of amides is 1. The fourth-order valence-corrected chi connectivity index (χ4v) is 4.81. The number of carbonyl (C=O) groups excluding carboxylic acids is 1. The lowest BCUT2D eigenvalue weighted by molar-refractivity contribution is 0.0949. The highest BCUT2D eigenvalue weighted by Crippen LogP contribution is 2.23. The van der Waals surface area contributed by atoms with Gasteiger partial charge < -0.3 is 9.88 Å². The van der Waals surface area contributed by atoms with Gasteiger partial charge in [-0.3, -0.25) is 4.79 Å². The molecule has 1 aliphatic heterocycles. The Hall–Kier alpha value is -1.97. The number of nitrogens with one attached hydrogen (secondary N) is 1. The van der Waals surface area contributed by atoms with E-state index in [1.54, 1.807) is 13.8 Å². The molecule has 158 valence electrons. The molecule has 0 aliphatic carbocycles. The van der Waals surface area contributed by atoms with E-state index < -0.39 is 15.9 Å². The largest absolute Gasteiger partial charge is 0.345 e. The first-order chi connectivity index (χ1) is 13.7. The maximum atomic E-state index is 12.7. The van der Waals surface area contributed by atoms with Crippen LogP contribution in [0.1, 0.15) is 55.1 Å². The number of benzene rings is 1. The topological polar surface area (TPSA) is 97.2 Å². The minimum atomic E-state index is -3.72. The number of nitrogens with zero attached hydrogens (tertiary/aromatic N) is 4. The second kappa shape index (κ2) is 8.81. The summed E-state index contributed by atoms with van der Waals surface area (Å²) < 4.78 is 28.8. The predicted molar refractivity (Wildman–Crippen MR) is 110 cm³/mol. The molecular weight excluding hydrogens is 414 g/mol. The van der Waals surface area contributed by atoms with E-state index in [-0.39, 0.29) is 28.1 Å². The SMILES string of the molecule is CC(C)N(C)S(=O)(=O)c1ccc(Cl)c(C(=O)NCc2nnc3n2CCCCC3)c1. The van der Waals surface area contributed by atoms with Gasteiger partial charge in [-0.1, -0.05) is 18.0 Å². The molecule has 1 aliphatic rings. The third-order valence-electron chi connectivity index (χ3n) is 5.18. The summed E-state index contributed by atoms with van der Waals surface area (Å²) in [5.41, 5.74) is 0.112. The minimum absolute atomic E-state index is 0.0274.